The van der Waals surface area contributed by atoms with Crippen LogP contribution in [-0.2, 0) is 30.4 Å². The topological polar surface area (TPSA) is 224 Å². The van der Waals surface area contributed by atoms with E-state index < -0.39 is 96.1 Å². The maximum Gasteiger partial charge on any atom is 0.454 e. The van der Waals surface area contributed by atoms with Crippen molar-refractivity contribution >= 4 is 30.4 Å². The molecule has 6 N–H and O–H groups in total. The van der Waals surface area contributed by atoms with Crippen LogP contribution in [0.2, 0.25) is 0 Å². The largest absolute Gasteiger partial charge is 0.454 e. The van der Waals surface area contributed by atoms with Crippen molar-refractivity contribution in [2.75, 3.05) is 23.9 Å². The molecule has 0 aliphatic carbocycles. The third kappa shape index (κ3) is 24.6. The number of aliphatic hydroxyl groups excluding tert-OH is 3. The SMILES string of the molecule is CC(O)C(O)CO.O=S(=O)(O)CC(F)(F)C(F)(F)F.O=S(=O)(O)CC(F)(F)C(F)(F)F.O=S(=O)(O)CC(F)(F)C(F)(F)F. The second-order valence-electron chi connectivity index (χ2n) is 7.28. The Hall–Kier alpha value is -1.44. The highest BCUT2D eigenvalue weighted by Gasteiger charge is 2.61. The number of rotatable bonds is 8. The molecule has 0 aromatic rings. The van der Waals surface area contributed by atoms with Crippen molar-refractivity contribution < 1.29 is 120 Å². The van der Waals surface area contributed by atoms with Gasteiger partial charge in [0.2, 0.25) is 0 Å². The molecule has 0 bridgehead atoms. The van der Waals surface area contributed by atoms with Crippen molar-refractivity contribution in [3.63, 3.8) is 0 Å². The van der Waals surface area contributed by atoms with Gasteiger partial charge in [-0.05, 0) is 6.92 Å². The Morgan fingerprint density at radius 3 is 0.674 bits per heavy atom. The molecule has 0 amide bonds. The molecule has 30 heteroatoms. The van der Waals surface area contributed by atoms with Gasteiger partial charge in [-0.3, -0.25) is 13.7 Å². The van der Waals surface area contributed by atoms with Crippen LogP contribution in [0.15, 0.2) is 0 Å². The Labute approximate surface area is 230 Å². The van der Waals surface area contributed by atoms with Crippen molar-refractivity contribution in [1.29, 1.82) is 0 Å². The number of aliphatic hydroxyl groups is 3. The van der Waals surface area contributed by atoms with Gasteiger partial charge in [-0.25, -0.2) is 0 Å². The monoisotopic (exact) mass is 748 g/mol. The Balaban J connectivity index is -0.000000240. The second kappa shape index (κ2) is 16.2. The normalized spacial score (nSPS) is 15.5. The summed E-state index contributed by atoms with van der Waals surface area (Å²) >= 11 is 0. The van der Waals surface area contributed by atoms with Gasteiger partial charge in [0, 0.05) is 0 Å². The van der Waals surface area contributed by atoms with Crippen LogP contribution >= 0.6 is 0 Å². The fraction of sp³-hybridized carbons (Fsp3) is 1.00. The van der Waals surface area contributed by atoms with E-state index in [1.54, 1.807) is 0 Å². The maximum absolute atomic E-state index is 11.8. The molecular formula is C13H19F15O12S3. The lowest BCUT2D eigenvalue weighted by Crippen LogP contribution is -2.42. The Morgan fingerprint density at radius 1 is 0.488 bits per heavy atom. The molecule has 0 radical (unpaired) electrons. The van der Waals surface area contributed by atoms with Crippen LogP contribution in [0.3, 0.4) is 0 Å². The molecular weight excluding hydrogens is 729 g/mol. The van der Waals surface area contributed by atoms with E-state index in [-0.39, 0.29) is 6.61 Å². The Morgan fingerprint density at radius 2 is 0.651 bits per heavy atom. The van der Waals surface area contributed by atoms with Crippen molar-refractivity contribution in [3.05, 3.63) is 0 Å². The van der Waals surface area contributed by atoms with Gasteiger partial charge in [-0.2, -0.15) is 91.1 Å². The van der Waals surface area contributed by atoms with E-state index in [0.29, 0.717) is 0 Å². The van der Waals surface area contributed by atoms with E-state index in [1.807, 2.05) is 0 Å². The molecule has 0 fully saturated rings. The summed E-state index contributed by atoms with van der Waals surface area (Å²) < 4.78 is 253. The third-order valence-electron chi connectivity index (χ3n) is 3.08. The zero-order valence-corrected chi connectivity index (χ0v) is 22.5. The van der Waals surface area contributed by atoms with Crippen LogP contribution in [0, 0.1) is 0 Å². The Kier molecular flexibility index (Phi) is 18.3. The first kappa shape index (κ1) is 48.5. The summed E-state index contributed by atoms with van der Waals surface area (Å²) in [6.45, 7) is 1.04. The zero-order chi connectivity index (χ0) is 36.5. The summed E-state index contributed by atoms with van der Waals surface area (Å²) in [5, 5.41) is 24.9. The maximum atomic E-state index is 11.8. The summed E-state index contributed by atoms with van der Waals surface area (Å²) in [7, 11) is -16.0. The minimum atomic E-state index is -5.97. The molecule has 266 valence electrons. The van der Waals surface area contributed by atoms with Crippen molar-refractivity contribution in [1.82, 2.24) is 0 Å². The third-order valence-corrected chi connectivity index (χ3v) is 5.26. The molecule has 0 aromatic carbocycles. The summed E-state index contributed by atoms with van der Waals surface area (Å²) in [5.74, 6) is -24.2. The lowest BCUT2D eigenvalue weighted by molar-refractivity contribution is -0.271. The van der Waals surface area contributed by atoms with Crippen molar-refractivity contribution in [2.24, 2.45) is 0 Å². The van der Waals surface area contributed by atoms with E-state index in [9.17, 15) is 91.1 Å². The first-order chi connectivity index (χ1) is 18.1. The summed E-state index contributed by atoms with van der Waals surface area (Å²) in [6, 6.07) is 0. The molecule has 2 unspecified atom stereocenters. The Bertz CT molecular complexity index is 1010. The highest BCUT2D eigenvalue weighted by atomic mass is 32.2. The van der Waals surface area contributed by atoms with Crippen molar-refractivity contribution in [3.8, 4) is 0 Å². The lowest BCUT2D eigenvalue weighted by atomic mass is 10.2. The summed E-state index contributed by atoms with van der Waals surface area (Å²) in [6.07, 6.45) is -19.7. The average molecular weight is 748 g/mol. The molecule has 12 nitrogen and oxygen atoms in total. The molecule has 2 atom stereocenters. The van der Waals surface area contributed by atoms with Gasteiger partial charge < -0.3 is 15.3 Å². The van der Waals surface area contributed by atoms with E-state index in [1.165, 1.54) is 6.92 Å². The van der Waals surface area contributed by atoms with Gasteiger partial charge in [0.1, 0.15) is 23.4 Å². The zero-order valence-electron chi connectivity index (χ0n) is 20.0. The smallest absolute Gasteiger partial charge is 0.394 e. The summed E-state index contributed by atoms with van der Waals surface area (Å²) in [5.41, 5.74) is 0. The number of halogens is 15. The predicted molar refractivity (Wildman–Crippen MR) is 107 cm³/mol. The molecule has 0 aliphatic heterocycles. The van der Waals surface area contributed by atoms with Gasteiger partial charge in [-0.15, -0.1) is 0 Å². The van der Waals surface area contributed by atoms with E-state index in [0.717, 1.165) is 0 Å². The van der Waals surface area contributed by atoms with Crippen LogP contribution in [0.5, 0.6) is 0 Å². The standard InChI is InChI=1S/C4H10O3.3C3H3F5O3S/c1-3(6)4(7)2-5;3*4-2(5,3(6,7)8)1-12(9,10)11/h3-7H,2H2,1H3;3*1H2,(H,9,10,11). The molecule has 0 heterocycles. The minimum Gasteiger partial charge on any atom is -0.394 e. The number of hydrogen-bond donors (Lipinski definition) is 6. The first-order valence-electron chi connectivity index (χ1n) is 9.21. The molecule has 0 spiro atoms. The van der Waals surface area contributed by atoms with Crippen LogP contribution in [0.25, 0.3) is 0 Å². The molecule has 0 saturated carbocycles. The number of alkyl halides is 15. The minimum absolute atomic E-state index is 0.377. The summed E-state index contributed by atoms with van der Waals surface area (Å²) in [4.78, 5) is 0. The first-order valence-corrected chi connectivity index (χ1v) is 14.0. The van der Waals surface area contributed by atoms with Crippen LogP contribution < -0.4 is 0 Å². The highest BCUT2D eigenvalue weighted by Crippen LogP contribution is 2.37. The lowest BCUT2D eigenvalue weighted by Gasteiger charge is -2.17. The molecule has 0 aliphatic rings. The average Bonchev–Trinajstić information content (AvgIpc) is 2.60. The van der Waals surface area contributed by atoms with Crippen LogP contribution in [-0.4, -0.2) is 127 Å². The van der Waals surface area contributed by atoms with Gasteiger partial charge >= 0.3 is 36.3 Å². The van der Waals surface area contributed by atoms with Gasteiger partial charge in [-0.1, -0.05) is 0 Å². The second-order valence-corrected chi connectivity index (χ2v) is 11.6. The molecule has 0 aromatic heterocycles. The van der Waals surface area contributed by atoms with Crippen LogP contribution in [0.4, 0.5) is 65.9 Å². The fourth-order valence-corrected chi connectivity index (χ4v) is 2.95. The molecule has 0 saturated heterocycles. The van der Waals surface area contributed by atoms with Crippen molar-refractivity contribution in [2.45, 2.75) is 55.4 Å². The van der Waals surface area contributed by atoms with Crippen LogP contribution in [0.1, 0.15) is 6.92 Å². The molecule has 0 rings (SSSR count). The van der Waals surface area contributed by atoms with E-state index in [4.69, 9.17) is 29.0 Å². The highest BCUT2D eigenvalue weighted by molar-refractivity contribution is 7.86. The quantitative estimate of drug-likeness (QED) is 0.155. The molecule has 43 heavy (non-hydrogen) atoms. The van der Waals surface area contributed by atoms with Gasteiger partial charge in [0.15, 0.2) is 0 Å². The predicted octanol–water partition coefficient (Wildman–Crippen LogP) is 1.94. The van der Waals surface area contributed by atoms with Gasteiger partial charge in [0.05, 0.1) is 12.7 Å². The number of hydrogen-bond acceptors (Lipinski definition) is 9. The van der Waals surface area contributed by atoms with Gasteiger partial charge in [0.25, 0.3) is 30.4 Å². The fourth-order valence-electron chi connectivity index (χ4n) is 1.09. The van der Waals surface area contributed by atoms with E-state index in [2.05, 4.69) is 0 Å². The van der Waals surface area contributed by atoms with E-state index >= 15 is 0 Å².